The summed E-state index contributed by atoms with van der Waals surface area (Å²) >= 11 is 0. The summed E-state index contributed by atoms with van der Waals surface area (Å²) in [4.78, 5) is 11.9. The van der Waals surface area contributed by atoms with E-state index in [-0.39, 0.29) is 5.97 Å². The van der Waals surface area contributed by atoms with Crippen LogP contribution in [0.1, 0.15) is 194 Å². The summed E-state index contributed by atoms with van der Waals surface area (Å²) in [7, 11) is 0. The summed E-state index contributed by atoms with van der Waals surface area (Å²) in [6, 6.07) is 0. The minimum Gasteiger partial charge on any atom is -0.466 e. The van der Waals surface area contributed by atoms with E-state index in [0.29, 0.717) is 13.0 Å². The molecule has 0 atom stereocenters. The van der Waals surface area contributed by atoms with Crippen LogP contribution in [-0.2, 0) is 9.53 Å². The zero-order chi connectivity index (χ0) is 26.2. The summed E-state index contributed by atoms with van der Waals surface area (Å²) in [5.74, 6) is 0.0181. The van der Waals surface area contributed by atoms with Crippen molar-refractivity contribution in [1.29, 1.82) is 0 Å². The molecule has 2 nitrogen and oxygen atoms in total. The molecule has 0 aromatic rings. The van der Waals surface area contributed by atoms with Crippen LogP contribution in [0.2, 0.25) is 0 Å². The predicted octanol–water partition coefficient (Wildman–Crippen LogP) is 12.0. The van der Waals surface area contributed by atoms with Gasteiger partial charge in [0.15, 0.2) is 0 Å². The molecule has 0 aliphatic rings. The SMILES string of the molecule is CCCCCCCC=CCCCCCCCCC(=O)OCCCCCCCCCCCCCCCC. The number of carbonyl (C=O) groups excluding carboxylic acids is 1. The molecule has 0 radical (unpaired) electrons. The van der Waals surface area contributed by atoms with Crippen LogP contribution in [0, 0.1) is 0 Å². The van der Waals surface area contributed by atoms with Crippen molar-refractivity contribution >= 4 is 5.97 Å². The van der Waals surface area contributed by atoms with Gasteiger partial charge in [-0.05, 0) is 38.5 Å². The fourth-order valence-corrected chi connectivity index (χ4v) is 4.89. The summed E-state index contributed by atoms with van der Waals surface area (Å²) in [5.41, 5.74) is 0. The van der Waals surface area contributed by atoms with E-state index >= 15 is 0 Å². The molecule has 2 heteroatoms. The van der Waals surface area contributed by atoms with Crippen molar-refractivity contribution in [1.82, 2.24) is 0 Å². The first-order chi connectivity index (χ1) is 17.8. The smallest absolute Gasteiger partial charge is 0.305 e. The molecule has 0 aromatic heterocycles. The van der Waals surface area contributed by atoms with Gasteiger partial charge in [-0.25, -0.2) is 0 Å². The third kappa shape index (κ3) is 31.2. The molecule has 0 aliphatic carbocycles. The Balaban J connectivity index is 3.18. The Bertz CT molecular complexity index is 442. The first-order valence-electron chi connectivity index (χ1n) is 16.6. The maximum atomic E-state index is 11.9. The number of hydrogen-bond donors (Lipinski definition) is 0. The standard InChI is InChI=1S/C34H66O2/c1-3-5-7-9-11-13-15-17-19-20-22-24-26-28-30-32-34(35)36-33-31-29-27-25-23-21-18-16-14-12-10-8-6-4-2/h15,17H,3-14,16,18-33H2,1-2H3. The molecule has 0 N–H and O–H groups in total. The molecule has 0 saturated carbocycles. The first kappa shape index (κ1) is 35.2. The largest absolute Gasteiger partial charge is 0.466 e. The molecular weight excluding hydrogens is 440 g/mol. The van der Waals surface area contributed by atoms with E-state index in [1.165, 1.54) is 161 Å². The van der Waals surface area contributed by atoms with E-state index in [2.05, 4.69) is 26.0 Å². The Morgan fingerprint density at radius 3 is 1.19 bits per heavy atom. The Kier molecular flexibility index (Phi) is 31.5. The zero-order valence-electron chi connectivity index (χ0n) is 25.0. The van der Waals surface area contributed by atoms with Crippen molar-refractivity contribution < 1.29 is 9.53 Å². The molecule has 214 valence electrons. The van der Waals surface area contributed by atoms with Crippen LogP contribution in [-0.4, -0.2) is 12.6 Å². The Morgan fingerprint density at radius 1 is 0.444 bits per heavy atom. The van der Waals surface area contributed by atoms with Crippen LogP contribution < -0.4 is 0 Å². The number of esters is 1. The molecule has 0 aliphatic heterocycles. The third-order valence-corrected chi connectivity index (χ3v) is 7.40. The maximum Gasteiger partial charge on any atom is 0.305 e. The van der Waals surface area contributed by atoms with Crippen molar-refractivity contribution in [2.45, 2.75) is 194 Å². The number of allylic oxidation sites excluding steroid dienone is 2. The van der Waals surface area contributed by atoms with Crippen molar-refractivity contribution in [3.05, 3.63) is 12.2 Å². The van der Waals surface area contributed by atoms with E-state index in [0.717, 1.165) is 12.8 Å². The van der Waals surface area contributed by atoms with Crippen molar-refractivity contribution in [3.63, 3.8) is 0 Å². The van der Waals surface area contributed by atoms with Crippen LogP contribution >= 0.6 is 0 Å². The van der Waals surface area contributed by atoms with Gasteiger partial charge in [-0.15, -0.1) is 0 Å². The van der Waals surface area contributed by atoms with Gasteiger partial charge in [0.1, 0.15) is 0 Å². The molecule has 36 heavy (non-hydrogen) atoms. The lowest BCUT2D eigenvalue weighted by Gasteiger charge is -2.05. The lowest BCUT2D eigenvalue weighted by Crippen LogP contribution is -2.05. The number of ether oxygens (including phenoxy) is 1. The summed E-state index contributed by atoms with van der Waals surface area (Å²) in [5, 5.41) is 0. The highest BCUT2D eigenvalue weighted by atomic mass is 16.5. The molecule has 0 saturated heterocycles. The predicted molar refractivity (Wildman–Crippen MR) is 161 cm³/mol. The summed E-state index contributed by atoms with van der Waals surface area (Å²) in [6.07, 6.45) is 41.2. The second kappa shape index (κ2) is 32.2. The van der Waals surface area contributed by atoms with Gasteiger partial charge in [-0.1, -0.05) is 161 Å². The van der Waals surface area contributed by atoms with E-state index in [9.17, 15) is 4.79 Å². The molecule has 0 fully saturated rings. The molecule has 0 spiro atoms. The zero-order valence-corrected chi connectivity index (χ0v) is 25.0. The molecule has 0 aromatic carbocycles. The maximum absolute atomic E-state index is 11.9. The second-order valence-electron chi connectivity index (χ2n) is 11.2. The monoisotopic (exact) mass is 507 g/mol. The fraction of sp³-hybridized carbons (Fsp3) is 0.912. The summed E-state index contributed by atoms with van der Waals surface area (Å²) < 4.78 is 5.42. The second-order valence-corrected chi connectivity index (χ2v) is 11.2. The quantitative estimate of drug-likeness (QED) is 0.0550. The van der Waals surface area contributed by atoms with Crippen molar-refractivity contribution in [3.8, 4) is 0 Å². The highest BCUT2D eigenvalue weighted by molar-refractivity contribution is 5.69. The number of carbonyl (C=O) groups is 1. The van der Waals surface area contributed by atoms with Crippen LogP contribution in [0.4, 0.5) is 0 Å². The van der Waals surface area contributed by atoms with Crippen LogP contribution in [0.3, 0.4) is 0 Å². The van der Waals surface area contributed by atoms with Gasteiger partial charge in [0.2, 0.25) is 0 Å². The lowest BCUT2D eigenvalue weighted by atomic mass is 10.0. The van der Waals surface area contributed by atoms with E-state index in [1.54, 1.807) is 0 Å². The molecule has 0 amide bonds. The van der Waals surface area contributed by atoms with Crippen LogP contribution in [0.5, 0.6) is 0 Å². The van der Waals surface area contributed by atoms with E-state index in [1.807, 2.05) is 0 Å². The lowest BCUT2D eigenvalue weighted by molar-refractivity contribution is -0.143. The highest BCUT2D eigenvalue weighted by Gasteiger charge is 2.02. The van der Waals surface area contributed by atoms with Gasteiger partial charge >= 0.3 is 5.97 Å². The molecule has 0 heterocycles. The normalized spacial score (nSPS) is 11.5. The Morgan fingerprint density at radius 2 is 0.778 bits per heavy atom. The minimum atomic E-state index is 0.0181. The van der Waals surface area contributed by atoms with Gasteiger partial charge in [0, 0.05) is 6.42 Å². The van der Waals surface area contributed by atoms with Crippen LogP contribution in [0.15, 0.2) is 12.2 Å². The molecular formula is C34H66O2. The van der Waals surface area contributed by atoms with Crippen molar-refractivity contribution in [2.24, 2.45) is 0 Å². The summed E-state index contributed by atoms with van der Waals surface area (Å²) in [6.45, 7) is 5.19. The topological polar surface area (TPSA) is 26.3 Å². The van der Waals surface area contributed by atoms with Gasteiger partial charge in [0.05, 0.1) is 6.61 Å². The molecule has 0 unspecified atom stereocenters. The van der Waals surface area contributed by atoms with Gasteiger partial charge in [-0.3, -0.25) is 4.79 Å². The average molecular weight is 507 g/mol. The Hall–Kier alpha value is -0.790. The van der Waals surface area contributed by atoms with Crippen LogP contribution in [0.25, 0.3) is 0 Å². The molecule has 0 rings (SSSR count). The number of rotatable bonds is 30. The first-order valence-corrected chi connectivity index (χ1v) is 16.6. The number of hydrogen-bond acceptors (Lipinski definition) is 2. The average Bonchev–Trinajstić information content (AvgIpc) is 2.88. The van der Waals surface area contributed by atoms with Gasteiger partial charge in [-0.2, -0.15) is 0 Å². The third-order valence-electron chi connectivity index (χ3n) is 7.40. The molecule has 0 bridgehead atoms. The fourth-order valence-electron chi connectivity index (χ4n) is 4.89. The van der Waals surface area contributed by atoms with Gasteiger partial charge in [0.25, 0.3) is 0 Å². The van der Waals surface area contributed by atoms with E-state index in [4.69, 9.17) is 4.74 Å². The van der Waals surface area contributed by atoms with E-state index < -0.39 is 0 Å². The minimum absolute atomic E-state index is 0.0181. The van der Waals surface area contributed by atoms with Crippen molar-refractivity contribution in [2.75, 3.05) is 6.61 Å². The Labute approximate surface area is 227 Å². The highest BCUT2D eigenvalue weighted by Crippen LogP contribution is 2.14. The van der Waals surface area contributed by atoms with Gasteiger partial charge < -0.3 is 4.74 Å². The number of unbranched alkanes of at least 4 members (excludes halogenated alkanes) is 24.